The van der Waals surface area contributed by atoms with Crippen molar-refractivity contribution >= 4 is 0 Å². The van der Waals surface area contributed by atoms with E-state index in [4.69, 9.17) is 9.84 Å². The molecule has 0 radical (unpaired) electrons. The second-order valence-corrected chi connectivity index (χ2v) is 4.16. The topological polar surface area (TPSA) is 105 Å². The average Bonchev–Trinajstić information content (AvgIpc) is 2.61. The Balaban J connectivity index is 2.42. The smallest absolute Gasteiger partial charge is 0.330 e. The lowest BCUT2D eigenvalue weighted by molar-refractivity contribution is -0.0492. The number of rotatable bonds is 2. The van der Waals surface area contributed by atoms with Crippen molar-refractivity contribution in [3.63, 3.8) is 0 Å². The second kappa shape index (κ2) is 4.63. The molecule has 8 heteroatoms. The summed E-state index contributed by atoms with van der Waals surface area (Å²) in [6.45, 7) is 0.895. The lowest BCUT2D eigenvalue weighted by Gasteiger charge is -2.15. The third-order valence-corrected chi connectivity index (χ3v) is 2.89. The Kier molecular flexibility index (Phi) is 3.33. The maximum absolute atomic E-state index is 13.8. The van der Waals surface area contributed by atoms with E-state index in [2.05, 4.69) is 0 Å². The highest BCUT2D eigenvalue weighted by molar-refractivity contribution is 5.03. The molecule has 1 saturated heterocycles. The third kappa shape index (κ3) is 1.98. The van der Waals surface area contributed by atoms with E-state index in [9.17, 15) is 19.1 Å². The Bertz CT molecular complexity index is 554. The van der Waals surface area contributed by atoms with Gasteiger partial charge in [0.15, 0.2) is 12.4 Å². The van der Waals surface area contributed by atoms with Gasteiger partial charge < -0.3 is 14.9 Å². The van der Waals surface area contributed by atoms with Crippen molar-refractivity contribution in [2.45, 2.75) is 31.5 Å². The summed E-state index contributed by atoms with van der Waals surface area (Å²) < 4.78 is 19.7. The average molecular weight is 260 g/mol. The van der Waals surface area contributed by atoms with Crippen LogP contribution in [0.25, 0.3) is 0 Å². The second-order valence-electron chi connectivity index (χ2n) is 4.16. The monoisotopic (exact) mass is 260 g/mol. The van der Waals surface area contributed by atoms with Gasteiger partial charge in [0.05, 0.1) is 6.61 Å². The molecule has 1 aliphatic heterocycles. The standard InChI is InChI=1S/C10H13FN2O5/c1-4-2-13(10(17)12-8(4)16)9-6(11)7(15)5(3-14)18-9/h2,5-7,9,14-15H,3H2,1H3,(H,12,16,17)/t5-,6-,7-,9-/m1/s1. The number of hydrogen-bond donors (Lipinski definition) is 3. The molecule has 0 bridgehead atoms. The number of ether oxygens (including phenoxy) is 1. The largest absolute Gasteiger partial charge is 0.394 e. The minimum atomic E-state index is -1.86. The van der Waals surface area contributed by atoms with Gasteiger partial charge in [-0.3, -0.25) is 14.3 Å². The van der Waals surface area contributed by atoms with Crippen LogP contribution in [0, 0.1) is 6.92 Å². The van der Waals surface area contributed by atoms with E-state index in [0.29, 0.717) is 0 Å². The Morgan fingerprint density at radius 3 is 2.78 bits per heavy atom. The first-order chi connectivity index (χ1) is 8.45. The first-order valence-electron chi connectivity index (χ1n) is 5.36. The number of aliphatic hydroxyl groups is 2. The minimum absolute atomic E-state index is 0.215. The van der Waals surface area contributed by atoms with Crippen LogP contribution in [0.2, 0.25) is 0 Å². The number of aromatic amines is 1. The molecule has 1 aromatic rings. The fourth-order valence-electron chi connectivity index (χ4n) is 1.85. The van der Waals surface area contributed by atoms with Gasteiger partial charge in [0.1, 0.15) is 12.2 Å². The number of hydrogen-bond acceptors (Lipinski definition) is 5. The maximum Gasteiger partial charge on any atom is 0.330 e. The van der Waals surface area contributed by atoms with Crippen molar-refractivity contribution in [1.29, 1.82) is 0 Å². The van der Waals surface area contributed by atoms with Crippen molar-refractivity contribution in [2.24, 2.45) is 0 Å². The van der Waals surface area contributed by atoms with Gasteiger partial charge in [-0.15, -0.1) is 0 Å². The Morgan fingerprint density at radius 1 is 1.56 bits per heavy atom. The molecule has 7 nitrogen and oxygen atoms in total. The van der Waals surface area contributed by atoms with E-state index in [1.54, 1.807) is 0 Å². The van der Waals surface area contributed by atoms with Crippen molar-refractivity contribution in [1.82, 2.24) is 9.55 Å². The molecule has 0 aromatic carbocycles. The molecule has 4 atom stereocenters. The summed E-state index contributed by atoms with van der Waals surface area (Å²) in [4.78, 5) is 24.7. The molecule has 3 N–H and O–H groups in total. The van der Waals surface area contributed by atoms with Gasteiger partial charge in [-0.05, 0) is 6.92 Å². The summed E-state index contributed by atoms with van der Waals surface area (Å²) in [5, 5.41) is 18.3. The summed E-state index contributed by atoms with van der Waals surface area (Å²) >= 11 is 0. The molecule has 18 heavy (non-hydrogen) atoms. The SMILES string of the molecule is Cc1cn([C@@H]2O[C@H](CO)[C@@H](O)[C@H]2F)c(=O)[nH]c1=O. The Labute approximate surface area is 100 Å². The molecule has 1 fully saturated rings. The quantitative estimate of drug-likeness (QED) is 0.596. The van der Waals surface area contributed by atoms with Gasteiger partial charge in [-0.1, -0.05) is 0 Å². The lowest BCUT2D eigenvalue weighted by atomic mass is 10.1. The molecule has 0 spiro atoms. The highest BCUT2D eigenvalue weighted by atomic mass is 19.1. The molecule has 100 valence electrons. The van der Waals surface area contributed by atoms with Crippen LogP contribution in [-0.4, -0.2) is 44.8 Å². The van der Waals surface area contributed by atoms with Crippen molar-refractivity contribution in [3.05, 3.63) is 32.6 Å². The Hall–Kier alpha value is -1.51. The number of H-pyrrole nitrogens is 1. The Morgan fingerprint density at radius 2 is 2.22 bits per heavy atom. The van der Waals surface area contributed by atoms with Crippen molar-refractivity contribution < 1.29 is 19.3 Å². The van der Waals surface area contributed by atoms with Gasteiger partial charge in [0, 0.05) is 11.8 Å². The molecular weight excluding hydrogens is 247 g/mol. The molecule has 1 aliphatic rings. The molecule has 2 rings (SSSR count). The molecule has 0 amide bonds. The van der Waals surface area contributed by atoms with Crippen LogP contribution in [0.15, 0.2) is 15.8 Å². The van der Waals surface area contributed by atoms with Gasteiger partial charge in [-0.2, -0.15) is 0 Å². The number of aryl methyl sites for hydroxylation is 1. The summed E-state index contributed by atoms with van der Waals surface area (Å²) in [5.74, 6) is 0. The zero-order chi connectivity index (χ0) is 13.4. The van der Waals surface area contributed by atoms with Crippen LogP contribution in [0.1, 0.15) is 11.8 Å². The number of alkyl halides is 1. The van der Waals surface area contributed by atoms with Gasteiger partial charge in [0.25, 0.3) is 5.56 Å². The van der Waals surface area contributed by atoms with E-state index in [1.807, 2.05) is 4.98 Å². The number of aliphatic hydroxyl groups excluding tert-OH is 2. The summed E-state index contributed by atoms with van der Waals surface area (Å²) in [5.41, 5.74) is -1.18. The third-order valence-electron chi connectivity index (χ3n) is 2.89. The fourth-order valence-corrected chi connectivity index (χ4v) is 1.85. The van der Waals surface area contributed by atoms with E-state index in [0.717, 1.165) is 10.8 Å². The van der Waals surface area contributed by atoms with Crippen molar-refractivity contribution in [3.8, 4) is 0 Å². The highest BCUT2D eigenvalue weighted by Gasteiger charge is 2.45. The molecular formula is C10H13FN2O5. The number of aromatic nitrogens is 2. The van der Waals surface area contributed by atoms with Crippen LogP contribution in [0.5, 0.6) is 0 Å². The normalized spacial score (nSPS) is 31.8. The minimum Gasteiger partial charge on any atom is -0.394 e. The summed E-state index contributed by atoms with van der Waals surface area (Å²) in [6.07, 6.45) is -4.67. The van der Waals surface area contributed by atoms with E-state index < -0.39 is 42.5 Å². The molecule has 1 aromatic heterocycles. The fraction of sp³-hybridized carbons (Fsp3) is 0.600. The first kappa shape index (κ1) is 12.9. The number of nitrogens with zero attached hydrogens (tertiary/aromatic N) is 1. The van der Waals surface area contributed by atoms with E-state index in [1.165, 1.54) is 6.92 Å². The first-order valence-corrected chi connectivity index (χ1v) is 5.36. The van der Waals surface area contributed by atoms with Crippen LogP contribution in [0.3, 0.4) is 0 Å². The lowest BCUT2D eigenvalue weighted by Crippen LogP contribution is -2.36. The van der Waals surface area contributed by atoms with Crippen molar-refractivity contribution in [2.75, 3.05) is 6.61 Å². The van der Waals surface area contributed by atoms with Crippen LogP contribution in [0.4, 0.5) is 4.39 Å². The molecule has 0 unspecified atom stereocenters. The number of nitrogens with one attached hydrogen (secondary N) is 1. The maximum atomic E-state index is 13.8. The highest BCUT2D eigenvalue weighted by Crippen LogP contribution is 2.30. The molecule has 2 heterocycles. The zero-order valence-electron chi connectivity index (χ0n) is 9.54. The van der Waals surface area contributed by atoms with Crippen LogP contribution in [-0.2, 0) is 4.74 Å². The molecule has 0 saturated carbocycles. The van der Waals surface area contributed by atoms with E-state index >= 15 is 0 Å². The number of halogens is 1. The van der Waals surface area contributed by atoms with Crippen LogP contribution < -0.4 is 11.2 Å². The summed E-state index contributed by atoms with van der Waals surface area (Å²) in [7, 11) is 0. The predicted molar refractivity (Wildman–Crippen MR) is 58.0 cm³/mol. The van der Waals surface area contributed by atoms with E-state index in [-0.39, 0.29) is 5.56 Å². The molecule has 0 aliphatic carbocycles. The van der Waals surface area contributed by atoms with Gasteiger partial charge >= 0.3 is 5.69 Å². The zero-order valence-corrected chi connectivity index (χ0v) is 9.54. The van der Waals surface area contributed by atoms with Crippen LogP contribution >= 0.6 is 0 Å². The van der Waals surface area contributed by atoms with Gasteiger partial charge in [-0.25, -0.2) is 9.18 Å². The predicted octanol–water partition coefficient (Wildman–Crippen LogP) is -1.57. The van der Waals surface area contributed by atoms with Gasteiger partial charge in [0.2, 0.25) is 0 Å². The summed E-state index contributed by atoms with van der Waals surface area (Å²) in [6, 6.07) is 0.